The van der Waals surface area contributed by atoms with Crippen LogP contribution < -0.4 is 0 Å². The van der Waals surface area contributed by atoms with Crippen LogP contribution in [0.3, 0.4) is 0 Å². The van der Waals surface area contributed by atoms with E-state index in [1.807, 2.05) is 36.7 Å². The van der Waals surface area contributed by atoms with Crippen LogP contribution in [0.15, 0.2) is 67.1 Å². The molecule has 4 heterocycles. The minimum absolute atomic E-state index is 0.0336. The molecule has 0 aliphatic carbocycles. The lowest BCUT2D eigenvalue weighted by atomic mass is 10.1. The first kappa shape index (κ1) is 17.0. The number of morpholine rings is 1. The number of nitrogens with zero attached hydrogens (tertiary/aromatic N) is 4. The van der Waals surface area contributed by atoms with Crippen LogP contribution in [-0.4, -0.2) is 44.8 Å². The van der Waals surface area contributed by atoms with E-state index in [-0.39, 0.29) is 6.10 Å². The van der Waals surface area contributed by atoms with Crippen LogP contribution in [0.1, 0.15) is 17.4 Å². The summed E-state index contributed by atoms with van der Waals surface area (Å²) in [6.45, 7) is 3.31. The molecule has 0 amide bonds. The number of rotatable bonds is 4. The van der Waals surface area contributed by atoms with Gasteiger partial charge in [-0.25, -0.2) is 4.98 Å². The Kier molecular flexibility index (Phi) is 4.56. The first-order chi connectivity index (χ1) is 13.9. The summed E-state index contributed by atoms with van der Waals surface area (Å²) in [4.78, 5) is 11.7. The molecule has 0 bridgehead atoms. The smallest absolute Gasteiger partial charge is 0.112 e. The van der Waals surface area contributed by atoms with Crippen molar-refractivity contribution >= 4 is 10.9 Å². The van der Waals surface area contributed by atoms with E-state index >= 15 is 0 Å². The number of aromatic nitrogens is 4. The molecule has 4 aromatic rings. The lowest BCUT2D eigenvalue weighted by Crippen LogP contribution is -2.38. The zero-order chi connectivity index (χ0) is 18.8. The number of hydrogen-bond donors (Lipinski definition) is 1. The van der Waals surface area contributed by atoms with Gasteiger partial charge in [-0.2, -0.15) is 5.10 Å². The number of pyridine rings is 2. The van der Waals surface area contributed by atoms with Gasteiger partial charge >= 0.3 is 0 Å². The number of H-pyrrole nitrogens is 1. The molecule has 6 nitrogen and oxygen atoms in total. The van der Waals surface area contributed by atoms with E-state index in [2.05, 4.69) is 44.3 Å². The maximum absolute atomic E-state index is 6.05. The monoisotopic (exact) mass is 371 g/mol. The maximum Gasteiger partial charge on any atom is 0.112 e. The Morgan fingerprint density at radius 2 is 2.07 bits per heavy atom. The minimum Gasteiger partial charge on any atom is -0.369 e. The first-order valence-electron chi connectivity index (χ1n) is 9.49. The fraction of sp³-hybridized carbons (Fsp3) is 0.227. The van der Waals surface area contributed by atoms with Crippen LogP contribution in [0, 0.1) is 0 Å². The Morgan fingerprint density at radius 3 is 3.00 bits per heavy atom. The van der Waals surface area contributed by atoms with Crippen LogP contribution in [0.4, 0.5) is 0 Å². The summed E-state index contributed by atoms with van der Waals surface area (Å²) in [5, 5.41) is 8.07. The lowest BCUT2D eigenvalue weighted by Gasteiger charge is -2.33. The van der Waals surface area contributed by atoms with Gasteiger partial charge in [-0.05, 0) is 29.8 Å². The molecular formula is C22H21N5O. The Morgan fingerprint density at radius 1 is 1.11 bits per heavy atom. The molecule has 28 heavy (non-hydrogen) atoms. The predicted octanol–water partition coefficient (Wildman–Crippen LogP) is 3.59. The third-order valence-electron chi connectivity index (χ3n) is 5.18. The summed E-state index contributed by atoms with van der Waals surface area (Å²) < 4.78 is 6.05. The van der Waals surface area contributed by atoms with Crippen molar-refractivity contribution in [3.63, 3.8) is 0 Å². The van der Waals surface area contributed by atoms with Crippen molar-refractivity contribution in [2.24, 2.45) is 0 Å². The molecule has 1 saturated heterocycles. The number of ether oxygens (including phenoxy) is 1. The van der Waals surface area contributed by atoms with E-state index in [0.717, 1.165) is 42.1 Å². The van der Waals surface area contributed by atoms with E-state index in [1.54, 1.807) is 6.20 Å². The topological polar surface area (TPSA) is 66.9 Å². The zero-order valence-corrected chi connectivity index (χ0v) is 15.5. The summed E-state index contributed by atoms with van der Waals surface area (Å²) in [5.41, 5.74) is 5.19. The average Bonchev–Trinajstić information content (AvgIpc) is 3.30. The highest BCUT2D eigenvalue weighted by molar-refractivity contribution is 5.81. The normalized spacial score (nSPS) is 17.8. The molecule has 140 valence electrons. The lowest BCUT2D eigenvalue weighted by molar-refractivity contribution is -0.0348. The molecule has 0 saturated carbocycles. The third-order valence-corrected chi connectivity index (χ3v) is 5.18. The number of nitrogens with one attached hydrogen (secondary N) is 1. The molecule has 6 heteroatoms. The molecule has 5 rings (SSSR count). The number of aromatic amines is 1. The van der Waals surface area contributed by atoms with Crippen molar-refractivity contribution in [3.05, 3.63) is 78.4 Å². The van der Waals surface area contributed by atoms with Crippen LogP contribution >= 0.6 is 0 Å². The number of fused-ring (bicyclic) bond motifs is 1. The number of hydrogen-bond acceptors (Lipinski definition) is 5. The van der Waals surface area contributed by atoms with Crippen molar-refractivity contribution in [2.45, 2.75) is 12.6 Å². The van der Waals surface area contributed by atoms with Crippen molar-refractivity contribution < 1.29 is 4.74 Å². The van der Waals surface area contributed by atoms with Gasteiger partial charge in [0.15, 0.2) is 0 Å². The van der Waals surface area contributed by atoms with Crippen molar-refractivity contribution in [2.75, 3.05) is 19.7 Å². The molecule has 0 unspecified atom stereocenters. The molecule has 3 aromatic heterocycles. The Labute approximate surface area is 163 Å². The van der Waals surface area contributed by atoms with Gasteiger partial charge in [0.2, 0.25) is 0 Å². The Hall–Kier alpha value is -3.09. The highest BCUT2D eigenvalue weighted by Crippen LogP contribution is 2.26. The number of benzene rings is 1. The highest BCUT2D eigenvalue weighted by Gasteiger charge is 2.24. The van der Waals surface area contributed by atoms with E-state index in [1.165, 1.54) is 10.9 Å². The van der Waals surface area contributed by atoms with Crippen LogP contribution in [0.2, 0.25) is 0 Å². The van der Waals surface area contributed by atoms with Crippen molar-refractivity contribution in [1.29, 1.82) is 0 Å². The van der Waals surface area contributed by atoms with Gasteiger partial charge in [-0.15, -0.1) is 0 Å². The SMILES string of the molecule is c1cc(-c2cn[nH]c2)nc([C@@H]2CN(Cc3ccnc4ccccc34)CCO2)c1. The summed E-state index contributed by atoms with van der Waals surface area (Å²) in [6.07, 6.45) is 5.50. The second-order valence-corrected chi connectivity index (χ2v) is 7.02. The second kappa shape index (κ2) is 7.50. The Balaban J connectivity index is 1.36. The fourth-order valence-electron chi connectivity index (χ4n) is 3.74. The van der Waals surface area contributed by atoms with Crippen molar-refractivity contribution in [1.82, 2.24) is 25.1 Å². The van der Waals surface area contributed by atoms with Gasteiger partial charge in [0, 0.05) is 43.0 Å². The first-order valence-corrected chi connectivity index (χ1v) is 9.49. The van der Waals surface area contributed by atoms with Gasteiger partial charge in [0.1, 0.15) is 6.10 Å². The molecule has 1 fully saturated rings. The van der Waals surface area contributed by atoms with E-state index < -0.39 is 0 Å². The van der Waals surface area contributed by atoms with Crippen LogP contribution in [0.5, 0.6) is 0 Å². The quantitative estimate of drug-likeness (QED) is 0.594. The standard InChI is InChI=1S/C22H21N5O/c1-2-5-20-18(4-1)16(8-9-23-20)14-27-10-11-28-22(15-27)21-7-3-6-19(26-21)17-12-24-25-13-17/h1-9,12-13,22H,10-11,14-15H2,(H,24,25)/t22-/m0/s1. The summed E-state index contributed by atoms with van der Waals surface area (Å²) in [7, 11) is 0. The molecule has 1 aliphatic heterocycles. The van der Waals surface area contributed by atoms with Gasteiger partial charge in [0.05, 0.1) is 29.7 Å². The maximum atomic E-state index is 6.05. The molecule has 0 spiro atoms. The zero-order valence-electron chi connectivity index (χ0n) is 15.5. The third kappa shape index (κ3) is 3.40. The van der Waals surface area contributed by atoms with E-state index in [9.17, 15) is 0 Å². The van der Waals surface area contributed by atoms with Crippen LogP contribution in [-0.2, 0) is 11.3 Å². The highest BCUT2D eigenvalue weighted by atomic mass is 16.5. The summed E-state index contributed by atoms with van der Waals surface area (Å²) in [5.74, 6) is 0. The van der Waals surface area contributed by atoms with Gasteiger partial charge in [-0.3, -0.25) is 15.0 Å². The van der Waals surface area contributed by atoms with Gasteiger partial charge in [-0.1, -0.05) is 24.3 Å². The largest absolute Gasteiger partial charge is 0.369 e. The summed E-state index contributed by atoms with van der Waals surface area (Å²) in [6, 6.07) is 16.5. The summed E-state index contributed by atoms with van der Waals surface area (Å²) >= 11 is 0. The van der Waals surface area contributed by atoms with Crippen LogP contribution in [0.25, 0.3) is 22.2 Å². The van der Waals surface area contributed by atoms with E-state index in [0.29, 0.717) is 6.61 Å². The predicted molar refractivity (Wildman–Crippen MR) is 108 cm³/mol. The Bertz CT molecular complexity index is 1070. The molecule has 0 radical (unpaired) electrons. The molecule has 1 atom stereocenters. The number of para-hydroxylation sites is 1. The second-order valence-electron chi connectivity index (χ2n) is 7.02. The molecule has 1 aliphatic rings. The van der Waals surface area contributed by atoms with Crippen molar-refractivity contribution in [3.8, 4) is 11.3 Å². The van der Waals surface area contributed by atoms with Gasteiger partial charge < -0.3 is 4.74 Å². The molecular weight excluding hydrogens is 350 g/mol. The minimum atomic E-state index is -0.0336. The van der Waals surface area contributed by atoms with Gasteiger partial charge in [0.25, 0.3) is 0 Å². The fourth-order valence-corrected chi connectivity index (χ4v) is 3.74. The molecule has 1 N–H and O–H groups in total. The average molecular weight is 371 g/mol. The molecule has 1 aromatic carbocycles. The van der Waals surface area contributed by atoms with E-state index in [4.69, 9.17) is 9.72 Å².